The van der Waals surface area contributed by atoms with Crippen LogP contribution in [0.25, 0.3) is 53.9 Å². The van der Waals surface area contributed by atoms with Gasteiger partial charge in [0.1, 0.15) is 0 Å². The van der Waals surface area contributed by atoms with Gasteiger partial charge in [-0.05, 0) is 59.9 Å². The van der Waals surface area contributed by atoms with Crippen LogP contribution in [-0.4, -0.2) is 0 Å². The zero-order valence-electron chi connectivity index (χ0n) is 11.9. The number of rotatable bonds is 0. The van der Waals surface area contributed by atoms with E-state index in [9.17, 15) is 0 Å². The third-order valence-corrected chi connectivity index (χ3v) is 5.13. The molecule has 0 amide bonds. The van der Waals surface area contributed by atoms with Crippen molar-refractivity contribution >= 4 is 53.9 Å². The van der Waals surface area contributed by atoms with Gasteiger partial charge < -0.3 is 0 Å². The van der Waals surface area contributed by atoms with Crippen LogP contribution < -0.4 is 0 Å². The van der Waals surface area contributed by atoms with E-state index in [4.69, 9.17) is 0 Å². The van der Waals surface area contributed by atoms with Crippen LogP contribution in [0.15, 0.2) is 72.8 Å². The monoisotopic (exact) mass is 276 g/mol. The van der Waals surface area contributed by atoms with Crippen molar-refractivity contribution in [2.75, 3.05) is 0 Å². The highest BCUT2D eigenvalue weighted by Gasteiger charge is 2.15. The van der Waals surface area contributed by atoms with Gasteiger partial charge in [-0.2, -0.15) is 0 Å². The molecule has 0 saturated carbocycles. The molecule has 0 heterocycles. The topological polar surface area (TPSA) is 0 Å². The Kier molecular flexibility index (Phi) is 1.71. The Morgan fingerprint density at radius 2 is 1.00 bits per heavy atom. The van der Waals surface area contributed by atoms with Crippen LogP contribution in [0.2, 0.25) is 0 Å². The van der Waals surface area contributed by atoms with Crippen molar-refractivity contribution in [1.82, 2.24) is 0 Å². The molecule has 6 aromatic rings. The van der Waals surface area contributed by atoms with Gasteiger partial charge >= 0.3 is 0 Å². The van der Waals surface area contributed by atoms with E-state index in [2.05, 4.69) is 72.8 Å². The average Bonchev–Trinajstić information content (AvgIpc) is 3.12. The lowest BCUT2D eigenvalue weighted by molar-refractivity contribution is 1.85. The van der Waals surface area contributed by atoms with Crippen molar-refractivity contribution in [2.45, 2.75) is 0 Å². The maximum atomic E-state index is 2.37. The Morgan fingerprint density at radius 3 is 1.86 bits per heavy atom. The van der Waals surface area contributed by atoms with E-state index >= 15 is 0 Å². The maximum absolute atomic E-state index is 2.37. The summed E-state index contributed by atoms with van der Waals surface area (Å²) in [6.07, 6.45) is 0. The molecule has 0 fully saturated rings. The maximum Gasteiger partial charge on any atom is -0.00195 e. The molecule has 0 radical (unpaired) electrons. The Labute approximate surface area is 127 Å². The summed E-state index contributed by atoms with van der Waals surface area (Å²) in [4.78, 5) is 0. The van der Waals surface area contributed by atoms with Crippen LogP contribution >= 0.6 is 0 Å². The number of benzene rings is 4. The van der Waals surface area contributed by atoms with Crippen molar-refractivity contribution in [3.63, 3.8) is 0 Å². The lowest BCUT2D eigenvalue weighted by Gasteiger charge is -2.02. The number of fused-ring (bicyclic) bond motifs is 4. The Morgan fingerprint density at radius 1 is 0.364 bits per heavy atom. The van der Waals surface area contributed by atoms with Crippen molar-refractivity contribution in [1.29, 1.82) is 0 Å². The summed E-state index contributed by atoms with van der Waals surface area (Å²) in [5.74, 6) is 0. The first-order chi connectivity index (χ1) is 10.9. The summed E-state index contributed by atoms with van der Waals surface area (Å²) in [5, 5.41) is 13.8. The quantitative estimate of drug-likeness (QED) is 0.304. The molecule has 0 heteroatoms. The van der Waals surface area contributed by atoms with Gasteiger partial charge in [0.05, 0.1) is 0 Å². The van der Waals surface area contributed by atoms with Gasteiger partial charge in [0, 0.05) is 0 Å². The summed E-state index contributed by atoms with van der Waals surface area (Å²) in [7, 11) is 0. The fourth-order valence-corrected chi connectivity index (χ4v) is 4.27. The molecule has 0 saturated heterocycles. The average molecular weight is 276 g/mol. The second kappa shape index (κ2) is 3.48. The van der Waals surface area contributed by atoms with E-state index in [1.807, 2.05) is 0 Å². The summed E-state index contributed by atoms with van der Waals surface area (Å²) < 4.78 is 0. The summed E-state index contributed by atoms with van der Waals surface area (Å²) in [5.41, 5.74) is 0. The van der Waals surface area contributed by atoms with Crippen molar-refractivity contribution in [2.24, 2.45) is 0 Å². The molecule has 0 aliphatic heterocycles. The molecule has 0 aliphatic rings. The van der Waals surface area contributed by atoms with Crippen LogP contribution in [0.4, 0.5) is 0 Å². The highest BCUT2D eigenvalue weighted by atomic mass is 14.2. The molecule has 0 N–H and O–H groups in total. The van der Waals surface area contributed by atoms with Crippen molar-refractivity contribution < 1.29 is 0 Å². The molecule has 0 spiro atoms. The van der Waals surface area contributed by atoms with Crippen LogP contribution in [0.5, 0.6) is 0 Å². The second-order valence-electron chi connectivity index (χ2n) is 6.20. The van der Waals surface area contributed by atoms with Crippen LogP contribution in [0.1, 0.15) is 0 Å². The Balaban J connectivity index is 2.10. The van der Waals surface area contributed by atoms with Gasteiger partial charge in [0.15, 0.2) is 0 Å². The molecular formula is C22H12. The van der Waals surface area contributed by atoms with Crippen molar-refractivity contribution in [3.8, 4) is 0 Å². The zero-order chi connectivity index (χ0) is 14.3. The summed E-state index contributed by atoms with van der Waals surface area (Å²) in [6, 6.07) is 26.8. The first kappa shape index (κ1) is 10.8. The van der Waals surface area contributed by atoms with Gasteiger partial charge in [-0.1, -0.05) is 66.7 Å². The van der Waals surface area contributed by atoms with Gasteiger partial charge in [0.25, 0.3) is 0 Å². The number of hydrogen-bond donors (Lipinski definition) is 0. The predicted molar refractivity (Wildman–Crippen MR) is 96.3 cm³/mol. The number of hydrogen-bond acceptors (Lipinski definition) is 0. The minimum Gasteiger partial charge on any atom is -0.0610 e. The molecule has 0 nitrogen and oxygen atoms in total. The first-order valence-electron chi connectivity index (χ1n) is 7.72. The zero-order valence-corrected chi connectivity index (χ0v) is 11.9. The van der Waals surface area contributed by atoms with E-state index < -0.39 is 0 Å². The molecule has 100 valence electrons. The van der Waals surface area contributed by atoms with E-state index in [0.717, 1.165) is 0 Å². The lowest BCUT2D eigenvalue weighted by Crippen LogP contribution is -1.74. The standard InChI is InChI=1S/C22H12/c1-4-14-10-11-18-20(14)15(7-1)12-19-16-8-2-5-13-6-3-9-17(21(13)16)22(18)19/h1-12H. The van der Waals surface area contributed by atoms with Crippen LogP contribution in [-0.2, 0) is 0 Å². The SMILES string of the molecule is c1cc2ccc3c2c(c1)cc1c2cccc4cccc(c42)c13. The van der Waals surface area contributed by atoms with E-state index in [0.29, 0.717) is 0 Å². The van der Waals surface area contributed by atoms with Crippen LogP contribution in [0.3, 0.4) is 0 Å². The lowest BCUT2D eigenvalue weighted by atomic mass is 10.0. The molecule has 0 atom stereocenters. The molecule has 6 rings (SSSR count). The van der Waals surface area contributed by atoms with E-state index in [1.165, 1.54) is 53.9 Å². The van der Waals surface area contributed by atoms with Crippen molar-refractivity contribution in [3.05, 3.63) is 72.8 Å². The largest absolute Gasteiger partial charge is 0.0610 e. The minimum absolute atomic E-state index is 1.34. The normalized spacial score (nSPS) is 12.5. The summed E-state index contributed by atoms with van der Waals surface area (Å²) in [6.45, 7) is 0. The molecule has 22 heavy (non-hydrogen) atoms. The molecule has 0 aliphatic carbocycles. The molecule has 0 unspecified atom stereocenters. The fourth-order valence-electron chi connectivity index (χ4n) is 4.27. The molecule has 6 aromatic carbocycles. The fraction of sp³-hybridized carbons (Fsp3) is 0. The third kappa shape index (κ3) is 1.09. The molecule has 0 aromatic heterocycles. The van der Waals surface area contributed by atoms with Gasteiger partial charge in [-0.25, -0.2) is 0 Å². The highest BCUT2D eigenvalue weighted by molar-refractivity contribution is 6.38. The predicted octanol–water partition coefficient (Wildman–Crippen LogP) is 6.33. The third-order valence-electron chi connectivity index (χ3n) is 5.13. The highest BCUT2D eigenvalue weighted by Crippen LogP contribution is 2.44. The van der Waals surface area contributed by atoms with E-state index in [-0.39, 0.29) is 0 Å². The molecular weight excluding hydrogens is 264 g/mol. The Hall–Kier alpha value is -2.86. The molecule has 0 bridgehead atoms. The Bertz CT molecular complexity index is 1300. The second-order valence-corrected chi connectivity index (χ2v) is 6.20. The van der Waals surface area contributed by atoms with Gasteiger partial charge in [-0.3, -0.25) is 0 Å². The van der Waals surface area contributed by atoms with Gasteiger partial charge in [-0.15, -0.1) is 0 Å². The van der Waals surface area contributed by atoms with E-state index in [1.54, 1.807) is 0 Å². The first-order valence-corrected chi connectivity index (χ1v) is 7.72. The van der Waals surface area contributed by atoms with Crippen LogP contribution in [0, 0.1) is 0 Å². The smallest absolute Gasteiger partial charge is 0.00195 e. The summed E-state index contributed by atoms with van der Waals surface area (Å²) >= 11 is 0. The minimum atomic E-state index is 1.34. The van der Waals surface area contributed by atoms with Gasteiger partial charge in [0.2, 0.25) is 0 Å².